The van der Waals surface area contributed by atoms with Crippen molar-refractivity contribution < 1.29 is 23.1 Å². The van der Waals surface area contributed by atoms with Crippen LogP contribution in [0.15, 0.2) is 17.2 Å². The quantitative estimate of drug-likeness (QED) is 0.651. The number of aromatic carboxylic acids is 1. The van der Waals surface area contributed by atoms with Gasteiger partial charge in [0, 0.05) is 18.8 Å². The molecule has 1 amide bonds. The van der Waals surface area contributed by atoms with Crippen LogP contribution < -0.4 is 10.0 Å². The maximum absolute atomic E-state index is 12.1. The minimum absolute atomic E-state index is 0.0449. The molecule has 1 aromatic heterocycles. The molecule has 21 heavy (non-hydrogen) atoms. The standard InChI is InChI=1S/C12H17N3O5S/c1-2-13-11(16)6-14-21(19,20)9-5-10(12(17)18)15(7-9)8-3-4-8/h5,7-8,14H,2-4,6H2,1H3,(H,13,16)(H,17,18). The maximum atomic E-state index is 12.1. The van der Waals surface area contributed by atoms with Crippen molar-refractivity contribution in [1.29, 1.82) is 0 Å². The first-order valence-corrected chi connectivity index (χ1v) is 8.05. The summed E-state index contributed by atoms with van der Waals surface area (Å²) >= 11 is 0. The van der Waals surface area contributed by atoms with E-state index >= 15 is 0 Å². The van der Waals surface area contributed by atoms with Crippen molar-refractivity contribution in [2.75, 3.05) is 13.1 Å². The monoisotopic (exact) mass is 315 g/mol. The summed E-state index contributed by atoms with van der Waals surface area (Å²) < 4.78 is 27.8. The van der Waals surface area contributed by atoms with Crippen molar-refractivity contribution in [1.82, 2.24) is 14.6 Å². The van der Waals surface area contributed by atoms with Crippen molar-refractivity contribution in [2.24, 2.45) is 0 Å². The summed E-state index contributed by atoms with van der Waals surface area (Å²) in [7, 11) is -3.91. The van der Waals surface area contributed by atoms with Crippen molar-refractivity contribution >= 4 is 21.9 Å². The lowest BCUT2D eigenvalue weighted by Gasteiger charge is -2.05. The molecule has 0 radical (unpaired) electrons. The van der Waals surface area contributed by atoms with Crippen LogP contribution in [0.4, 0.5) is 0 Å². The van der Waals surface area contributed by atoms with Crippen LogP contribution in [0.2, 0.25) is 0 Å². The lowest BCUT2D eigenvalue weighted by molar-refractivity contribution is -0.119. The lowest BCUT2D eigenvalue weighted by Crippen LogP contribution is -2.36. The fraction of sp³-hybridized carbons (Fsp3) is 0.500. The molecular formula is C12H17N3O5S. The van der Waals surface area contributed by atoms with Crippen molar-refractivity contribution in [3.8, 4) is 0 Å². The molecular weight excluding hydrogens is 298 g/mol. The molecule has 0 saturated heterocycles. The first-order valence-electron chi connectivity index (χ1n) is 6.56. The number of carbonyl (C=O) groups excluding carboxylic acids is 1. The Labute approximate surface area is 122 Å². The van der Waals surface area contributed by atoms with E-state index in [0.717, 1.165) is 18.9 Å². The third kappa shape index (κ3) is 3.61. The van der Waals surface area contributed by atoms with Crippen LogP contribution in [0.3, 0.4) is 0 Å². The minimum atomic E-state index is -3.91. The Hall–Kier alpha value is -1.87. The van der Waals surface area contributed by atoms with Gasteiger partial charge in [-0.1, -0.05) is 0 Å². The van der Waals surface area contributed by atoms with Gasteiger partial charge in [-0.15, -0.1) is 0 Å². The number of aromatic nitrogens is 1. The molecule has 1 saturated carbocycles. The van der Waals surface area contributed by atoms with Crippen LogP contribution in [0, 0.1) is 0 Å². The van der Waals surface area contributed by atoms with Gasteiger partial charge in [0.1, 0.15) is 10.6 Å². The third-order valence-electron chi connectivity index (χ3n) is 3.09. The maximum Gasteiger partial charge on any atom is 0.352 e. The Balaban J connectivity index is 2.18. The molecule has 1 heterocycles. The number of sulfonamides is 1. The number of hydrogen-bond acceptors (Lipinski definition) is 4. The van der Waals surface area contributed by atoms with Crippen LogP contribution in [0.5, 0.6) is 0 Å². The van der Waals surface area contributed by atoms with E-state index in [2.05, 4.69) is 10.0 Å². The number of carboxylic acid groups (broad SMARTS) is 1. The number of carboxylic acids is 1. The number of likely N-dealkylation sites (N-methyl/N-ethyl adjacent to an activating group) is 1. The highest BCUT2D eigenvalue weighted by molar-refractivity contribution is 7.89. The first-order chi connectivity index (χ1) is 9.85. The number of nitrogens with one attached hydrogen (secondary N) is 2. The van der Waals surface area contributed by atoms with Gasteiger partial charge in [0.25, 0.3) is 0 Å². The van der Waals surface area contributed by atoms with E-state index in [0.29, 0.717) is 6.54 Å². The smallest absolute Gasteiger partial charge is 0.352 e. The van der Waals surface area contributed by atoms with E-state index in [9.17, 15) is 18.0 Å². The van der Waals surface area contributed by atoms with Gasteiger partial charge in [0.2, 0.25) is 15.9 Å². The topological polar surface area (TPSA) is 118 Å². The van der Waals surface area contributed by atoms with Gasteiger partial charge in [-0.2, -0.15) is 0 Å². The SMILES string of the molecule is CCNC(=O)CNS(=O)(=O)c1cc(C(=O)O)n(C2CC2)c1. The van der Waals surface area contributed by atoms with E-state index in [4.69, 9.17) is 5.11 Å². The molecule has 1 aliphatic rings. The molecule has 1 aromatic rings. The molecule has 0 atom stereocenters. The average molecular weight is 315 g/mol. The highest BCUT2D eigenvalue weighted by Crippen LogP contribution is 2.37. The molecule has 9 heteroatoms. The average Bonchev–Trinajstić information content (AvgIpc) is 3.14. The normalized spacial score (nSPS) is 14.9. The second-order valence-corrected chi connectivity index (χ2v) is 6.55. The summed E-state index contributed by atoms with van der Waals surface area (Å²) in [6, 6.07) is 1.16. The summed E-state index contributed by atoms with van der Waals surface area (Å²) in [6.07, 6.45) is 2.97. The largest absolute Gasteiger partial charge is 0.477 e. The van der Waals surface area contributed by atoms with Crippen molar-refractivity contribution in [3.05, 3.63) is 18.0 Å². The summed E-state index contributed by atoms with van der Waals surface area (Å²) in [4.78, 5) is 22.3. The number of rotatable bonds is 7. The number of nitrogens with zero attached hydrogens (tertiary/aromatic N) is 1. The van der Waals surface area contributed by atoms with Gasteiger partial charge in [-0.3, -0.25) is 4.79 Å². The van der Waals surface area contributed by atoms with Crippen LogP contribution >= 0.6 is 0 Å². The first kappa shape index (κ1) is 15.5. The fourth-order valence-electron chi connectivity index (χ4n) is 1.93. The van der Waals surface area contributed by atoms with Crippen LogP contribution in [0.1, 0.15) is 36.3 Å². The Morgan fingerprint density at radius 3 is 2.62 bits per heavy atom. The molecule has 0 unspecified atom stereocenters. The molecule has 0 spiro atoms. The highest BCUT2D eigenvalue weighted by atomic mass is 32.2. The zero-order valence-electron chi connectivity index (χ0n) is 11.5. The molecule has 116 valence electrons. The van der Waals surface area contributed by atoms with Crippen LogP contribution in [-0.4, -0.2) is 43.1 Å². The Kier molecular flexibility index (Phi) is 4.33. The van der Waals surface area contributed by atoms with E-state index in [1.165, 1.54) is 10.8 Å². The van der Waals surface area contributed by atoms with Gasteiger partial charge in [-0.05, 0) is 25.8 Å². The van der Waals surface area contributed by atoms with E-state index in [1.54, 1.807) is 6.92 Å². The van der Waals surface area contributed by atoms with Crippen molar-refractivity contribution in [3.63, 3.8) is 0 Å². The zero-order valence-corrected chi connectivity index (χ0v) is 12.3. The highest BCUT2D eigenvalue weighted by Gasteiger charge is 2.30. The summed E-state index contributed by atoms with van der Waals surface area (Å²) in [5.74, 6) is -1.62. The number of hydrogen-bond donors (Lipinski definition) is 3. The van der Waals surface area contributed by atoms with E-state index in [-0.39, 0.29) is 23.2 Å². The summed E-state index contributed by atoms with van der Waals surface area (Å²) in [5.41, 5.74) is -0.0594. The lowest BCUT2D eigenvalue weighted by atomic mass is 10.4. The number of amides is 1. The zero-order chi connectivity index (χ0) is 15.6. The fourth-order valence-corrected chi connectivity index (χ4v) is 2.94. The van der Waals surface area contributed by atoms with Crippen LogP contribution in [0.25, 0.3) is 0 Å². The second kappa shape index (κ2) is 5.86. The van der Waals surface area contributed by atoms with Gasteiger partial charge < -0.3 is 15.0 Å². The molecule has 0 aromatic carbocycles. The Bertz CT molecular complexity index is 660. The summed E-state index contributed by atoms with van der Waals surface area (Å²) in [5, 5.41) is 11.6. The molecule has 8 nitrogen and oxygen atoms in total. The predicted octanol–water partition coefficient (Wildman–Crippen LogP) is -0.0644. The Morgan fingerprint density at radius 2 is 2.10 bits per heavy atom. The predicted molar refractivity (Wildman–Crippen MR) is 73.5 cm³/mol. The Morgan fingerprint density at radius 1 is 1.43 bits per heavy atom. The van der Waals surface area contributed by atoms with Gasteiger partial charge in [0.15, 0.2) is 0 Å². The molecule has 0 bridgehead atoms. The molecule has 1 fully saturated rings. The van der Waals surface area contributed by atoms with E-state index in [1.807, 2.05) is 0 Å². The van der Waals surface area contributed by atoms with Gasteiger partial charge in [0.05, 0.1) is 6.54 Å². The van der Waals surface area contributed by atoms with Crippen molar-refractivity contribution in [2.45, 2.75) is 30.7 Å². The summed E-state index contributed by atoms with van der Waals surface area (Å²) in [6.45, 7) is 1.75. The van der Waals surface area contributed by atoms with Crippen LogP contribution in [-0.2, 0) is 14.8 Å². The van der Waals surface area contributed by atoms with E-state index < -0.39 is 21.9 Å². The molecule has 3 N–H and O–H groups in total. The molecule has 0 aliphatic heterocycles. The van der Waals surface area contributed by atoms with Gasteiger partial charge in [-0.25, -0.2) is 17.9 Å². The minimum Gasteiger partial charge on any atom is -0.477 e. The molecule has 2 rings (SSSR count). The van der Waals surface area contributed by atoms with Gasteiger partial charge >= 0.3 is 5.97 Å². The number of carbonyl (C=O) groups is 2. The third-order valence-corrected chi connectivity index (χ3v) is 4.46. The second-order valence-electron chi connectivity index (χ2n) is 4.78. The molecule has 1 aliphatic carbocycles.